The monoisotopic (exact) mass is 307 g/mol. The van der Waals surface area contributed by atoms with E-state index in [1.54, 1.807) is 0 Å². The molecule has 1 N–H and O–H groups in total. The molecule has 94 valence electrons. The number of pyridine rings is 1. The van der Waals surface area contributed by atoms with Crippen molar-refractivity contribution in [1.82, 2.24) is 19.9 Å². The summed E-state index contributed by atoms with van der Waals surface area (Å²) in [5, 5.41) is 8.05. The van der Waals surface area contributed by atoms with Crippen molar-refractivity contribution in [3.63, 3.8) is 0 Å². The van der Waals surface area contributed by atoms with Gasteiger partial charge in [0.15, 0.2) is 5.65 Å². The number of hydrogen-bond donors (Lipinski definition) is 1. The molecule has 2 aliphatic heterocycles. The van der Waals surface area contributed by atoms with Crippen LogP contribution in [-0.2, 0) is 0 Å². The fourth-order valence-electron chi connectivity index (χ4n) is 3.07. The summed E-state index contributed by atoms with van der Waals surface area (Å²) >= 11 is 3.46. The number of halogens is 1. The summed E-state index contributed by atoms with van der Waals surface area (Å²) in [6.07, 6.45) is 3.20. The average Bonchev–Trinajstić information content (AvgIpc) is 3.00. The summed E-state index contributed by atoms with van der Waals surface area (Å²) in [7, 11) is 0. The molecule has 2 fully saturated rings. The molecule has 0 radical (unpaired) electrons. The second-order valence-corrected chi connectivity index (χ2v) is 5.95. The lowest BCUT2D eigenvalue weighted by atomic mass is 10.1. The molecule has 4 rings (SSSR count). The van der Waals surface area contributed by atoms with Gasteiger partial charge in [-0.15, -0.1) is 5.10 Å². The zero-order chi connectivity index (χ0) is 12.1. The van der Waals surface area contributed by atoms with Gasteiger partial charge in [0.2, 0.25) is 5.95 Å². The quantitative estimate of drug-likeness (QED) is 0.862. The van der Waals surface area contributed by atoms with E-state index in [-0.39, 0.29) is 0 Å². The highest BCUT2D eigenvalue weighted by Gasteiger charge is 2.39. The summed E-state index contributed by atoms with van der Waals surface area (Å²) in [5.74, 6) is 1.63. The summed E-state index contributed by atoms with van der Waals surface area (Å²) in [4.78, 5) is 6.98. The van der Waals surface area contributed by atoms with E-state index in [1.165, 1.54) is 6.42 Å². The van der Waals surface area contributed by atoms with Gasteiger partial charge in [-0.2, -0.15) is 4.98 Å². The molecule has 18 heavy (non-hydrogen) atoms. The van der Waals surface area contributed by atoms with Gasteiger partial charge in [-0.1, -0.05) is 0 Å². The van der Waals surface area contributed by atoms with Crippen molar-refractivity contribution in [3.05, 3.63) is 22.8 Å². The Morgan fingerprint density at radius 3 is 3.22 bits per heavy atom. The Kier molecular flexibility index (Phi) is 2.35. The Bertz CT molecular complexity index is 595. The number of fused-ring (bicyclic) bond motifs is 2. The molecular formula is C12H14BrN5. The molecule has 0 bridgehead atoms. The molecule has 0 amide bonds. The highest BCUT2D eigenvalue weighted by molar-refractivity contribution is 9.10. The van der Waals surface area contributed by atoms with Gasteiger partial charge in [0.05, 0.1) is 0 Å². The van der Waals surface area contributed by atoms with E-state index < -0.39 is 0 Å². The molecule has 2 aromatic heterocycles. The number of rotatable bonds is 1. The molecule has 0 spiro atoms. The van der Waals surface area contributed by atoms with Gasteiger partial charge in [0, 0.05) is 36.3 Å². The Balaban J connectivity index is 1.74. The summed E-state index contributed by atoms with van der Waals surface area (Å²) < 4.78 is 2.86. The van der Waals surface area contributed by atoms with Crippen LogP contribution in [0.25, 0.3) is 5.65 Å². The molecule has 2 atom stereocenters. The number of anilines is 1. The van der Waals surface area contributed by atoms with Crippen molar-refractivity contribution in [3.8, 4) is 0 Å². The van der Waals surface area contributed by atoms with Crippen LogP contribution in [-0.4, -0.2) is 40.3 Å². The van der Waals surface area contributed by atoms with Crippen LogP contribution in [0.4, 0.5) is 5.95 Å². The SMILES string of the molecule is Brc1ccc2nc(N3CC[C@H]4CNC[C@H]43)nn2c1. The van der Waals surface area contributed by atoms with E-state index in [2.05, 4.69) is 36.2 Å². The van der Waals surface area contributed by atoms with Crippen molar-refractivity contribution >= 4 is 27.5 Å². The van der Waals surface area contributed by atoms with Gasteiger partial charge in [-0.25, -0.2) is 4.52 Å². The van der Waals surface area contributed by atoms with Gasteiger partial charge >= 0.3 is 0 Å². The topological polar surface area (TPSA) is 45.5 Å². The van der Waals surface area contributed by atoms with Crippen molar-refractivity contribution in [2.75, 3.05) is 24.5 Å². The molecule has 0 saturated carbocycles. The standard InChI is InChI=1S/C12H14BrN5/c13-9-1-2-11-15-12(16-18(11)7-9)17-4-3-8-5-14-6-10(8)17/h1-2,7-8,10,14H,3-6H2/t8-,10+/m0/s1. The highest BCUT2D eigenvalue weighted by Crippen LogP contribution is 2.30. The first-order valence-electron chi connectivity index (χ1n) is 6.30. The maximum Gasteiger partial charge on any atom is 0.245 e. The van der Waals surface area contributed by atoms with Crippen LogP contribution in [0.1, 0.15) is 6.42 Å². The third-order valence-corrected chi connectivity index (χ3v) is 4.45. The molecule has 0 aromatic carbocycles. The molecule has 2 aliphatic rings. The first kappa shape index (κ1) is 10.8. The van der Waals surface area contributed by atoms with Crippen LogP contribution in [0.15, 0.2) is 22.8 Å². The molecule has 2 saturated heterocycles. The fourth-order valence-corrected chi connectivity index (χ4v) is 3.39. The van der Waals surface area contributed by atoms with Crippen LogP contribution in [0, 0.1) is 5.92 Å². The lowest BCUT2D eigenvalue weighted by molar-refractivity contribution is 0.576. The van der Waals surface area contributed by atoms with E-state index in [0.29, 0.717) is 6.04 Å². The number of nitrogens with one attached hydrogen (secondary N) is 1. The smallest absolute Gasteiger partial charge is 0.245 e. The average molecular weight is 308 g/mol. The van der Waals surface area contributed by atoms with Crippen molar-refractivity contribution in [2.45, 2.75) is 12.5 Å². The minimum absolute atomic E-state index is 0.575. The summed E-state index contributed by atoms with van der Waals surface area (Å²) in [6, 6.07) is 4.56. The zero-order valence-corrected chi connectivity index (χ0v) is 11.5. The van der Waals surface area contributed by atoms with Crippen LogP contribution in [0.3, 0.4) is 0 Å². The molecule has 2 aromatic rings. The molecule has 0 aliphatic carbocycles. The number of nitrogens with zero attached hydrogens (tertiary/aromatic N) is 4. The van der Waals surface area contributed by atoms with E-state index >= 15 is 0 Å². The maximum absolute atomic E-state index is 4.63. The van der Waals surface area contributed by atoms with Gasteiger partial charge in [0.1, 0.15) is 0 Å². The minimum atomic E-state index is 0.575. The fraction of sp³-hybridized carbons (Fsp3) is 0.500. The minimum Gasteiger partial charge on any atom is -0.335 e. The lowest BCUT2D eigenvalue weighted by Gasteiger charge is -2.21. The van der Waals surface area contributed by atoms with Crippen LogP contribution >= 0.6 is 15.9 Å². The van der Waals surface area contributed by atoms with Crippen LogP contribution in [0.5, 0.6) is 0 Å². The van der Waals surface area contributed by atoms with Gasteiger partial charge in [-0.05, 0) is 40.4 Å². The van der Waals surface area contributed by atoms with Crippen LogP contribution in [0.2, 0.25) is 0 Å². The maximum atomic E-state index is 4.63. The number of hydrogen-bond acceptors (Lipinski definition) is 4. The largest absolute Gasteiger partial charge is 0.335 e. The molecular weight excluding hydrogens is 294 g/mol. The van der Waals surface area contributed by atoms with Crippen molar-refractivity contribution < 1.29 is 0 Å². The van der Waals surface area contributed by atoms with Gasteiger partial charge < -0.3 is 10.2 Å². The zero-order valence-electron chi connectivity index (χ0n) is 9.88. The van der Waals surface area contributed by atoms with E-state index in [0.717, 1.165) is 41.6 Å². The number of aromatic nitrogens is 3. The van der Waals surface area contributed by atoms with E-state index in [1.807, 2.05) is 22.8 Å². The Labute approximate surface area is 113 Å². The summed E-state index contributed by atoms with van der Waals surface area (Å²) in [5.41, 5.74) is 0.905. The first-order valence-corrected chi connectivity index (χ1v) is 7.10. The Hall–Kier alpha value is -1.14. The second kappa shape index (κ2) is 3.93. The van der Waals surface area contributed by atoms with Crippen LogP contribution < -0.4 is 10.2 Å². The predicted molar refractivity (Wildman–Crippen MR) is 72.8 cm³/mol. The third kappa shape index (κ3) is 1.55. The van der Waals surface area contributed by atoms with E-state index in [4.69, 9.17) is 0 Å². The Morgan fingerprint density at radius 1 is 1.33 bits per heavy atom. The third-order valence-electron chi connectivity index (χ3n) is 3.99. The van der Waals surface area contributed by atoms with Gasteiger partial charge in [0.25, 0.3) is 0 Å². The highest BCUT2D eigenvalue weighted by atomic mass is 79.9. The normalized spacial score (nSPS) is 27.1. The molecule has 4 heterocycles. The van der Waals surface area contributed by atoms with Crippen molar-refractivity contribution in [2.24, 2.45) is 5.92 Å². The van der Waals surface area contributed by atoms with Crippen molar-refractivity contribution in [1.29, 1.82) is 0 Å². The molecule has 0 unspecified atom stereocenters. The second-order valence-electron chi connectivity index (χ2n) is 5.03. The Morgan fingerprint density at radius 2 is 2.28 bits per heavy atom. The molecule has 5 nitrogen and oxygen atoms in total. The lowest BCUT2D eigenvalue weighted by Crippen LogP contribution is -2.34. The van der Waals surface area contributed by atoms with Gasteiger partial charge in [-0.3, -0.25) is 0 Å². The molecule has 6 heteroatoms. The first-order chi connectivity index (χ1) is 8.81. The summed E-state index contributed by atoms with van der Waals surface area (Å²) in [6.45, 7) is 3.28. The predicted octanol–water partition coefficient (Wildman–Crippen LogP) is 1.29. The van der Waals surface area contributed by atoms with E-state index in [9.17, 15) is 0 Å².